The van der Waals surface area contributed by atoms with Gasteiger partial charge >= 0.3 is 0 Å². The van der Waals surface area contributed by atoms with E-state index in [4.69, 9.17) is 4.52 Å². The van der Waals surface area contributed by atoms with Gasteiger partial charge in [0.05, 0.1) is 12.2 Å². The van der Waals surface area contributed by atoms with Crippen LogP contribution >= 0.6 is 0 Å². The van der Waals surface area contributed by atoms with Gasteiger partial charge in [-0.2, -0.15) is 0 Å². The molecule has 0 saturated carbocycles. The van der Waals surface area contributed by atoms with Gasteiger partial charge < -0.3 is 9.42 Å². The summed E-state index contributed by atoms with van der Waals surface area (Å²) in [4.78, 5) is 19.3. The minimum absolute atomic E-state index is 0.185. The fourth-order valence-corrected chi connectivity index (χ4v) is 3.28. The molecule has 0 spiro atoms. The molecule has 144 valence electrons. The molecule has 5 nitrogen and oxygen atoms in total. The largest absolute Gasteiger partial charge is 0.361 e. The smallest absolute Gasteiger partial charge is 0.276 e. The van der Waals surface area contributed by atoms with E-state index < -0.39 is 0 Å². The fraction of sp³-hybridized carbons (Fsp3) is 0.125. The molecule has 2 aromatic heterocycles. The molecule has 5 heteroatoms. The first kappa shape index (κ1) is 18.6. The van der Waals surface area contributed by atoms with Gasteiger partial charge in [-0.1, -0.05) is 65.8 Å². The highest BCUT2D eigenvalue weighted by Crippen LogP contribution is 2.25. The van der Waals surface area contributed by atoms with Crippen molar-refractivity contribution in [3.8, 4) is 11.1 Å². The summed E-state index contributed by atoms with van der Waals surface area (Å²) in [6.07, 6.45) is 1.73. The van der Waals surface area contributed by atoms with Crippen molar-refractivity contribution in [3.05, 3.63) is 108 Å². The van der Waals surface area contributed by atoms with E-state index in [1.807, 2.05) is 48.5 Å². The van der Waals surface area contributed by atoms with Crippen LogP contribution < -0.4 is 0 Å². The summed E-state index contributed by atoms with van der Waals surface area (Å²) in [5, 5.41) is 3.91. The number of pyridine rings is 1. The van der Waals surface area contributed by atoms with Gasteiger partial charge in [0.25, 0.3) is 5.91 Å². The number of aromatic nitrogens is 2. The summed E-state index contributed by atoms with van der Waals surface area (Å²) in [7, 11) is 0. The fourth-order valence-electron chi connectivity index (χ4n) is 3.28. The Balaban J connectivity index is 1.68. The van der Waals surface area contributed by atoms with Crippen molar-refractivity contribution in [2.24, 2.45) is 0 Å². The molecule has 0 N–H and O–H groups in total. The van der Waals surface area contributed by atoms with Gasteiger partial charge in [-0.15, -0.1) is 0 Å². The van der Waals surface area contributed by atoms with E-state index >= 15 is 0 Å². The third-order valence-electron chi connectivity index (χ3n) is 4.68. The van der Waals surface area contributed by atoms with Gasteiger partial charge in [0.15, 0.2) is 5.69 Å². The molecule has 2 aromatic carbocycles. The second kappa shape index (κ2) is 8.52. The monoisotopic (exact) mass is 383 g/mol. The van der Waals surface area contributed by atoms with Crippen LogP contribution in [0.2, 0.25) is 0 Å². The summed E-state index contributed by atoms with van der Waals surface area (Å²) in [6, 6.07) is 25.7. The van der Waals surface area contributed by atoms with Crippen LogP contribution in [0.3, 0.4) is 0 Å². The molecule has 4 aromatic rings. The van der Waals surface area contributed by atoms with Gasteiger partial charge in [0, 0.05) is 18.8 Å². The number of hydrogen-bond acceptors (Lipinski definition) is 4. The van der Waals surface area contributed by atoms with Crippen LogP contribution in [-0.4, -0.2) is 20.9 Å². The topological polar surface area (TPSA) is 59.2 Å². The lowest BCUT2D eigenvalue weighted by Gasteiger charge is -2.23. The van der Waals surface area contributed by atoms with Gasteiger partial charge in [-0.25, -0.2) is 0 Å². The zero-order valence-corrected chi connectivity index (χ0v) is 16.2. The van der Waals surface area contributed by atoms with Crippen molar-refractivity contribution < 1.29 is 9.32 Å². The number of carbonyl (C=O) groups excluding carboxylic acids is 1. The van der Waals surface area contributed by atoms with Crippen LogP contribution in [-0.2, 0) is 13.1 Å². The van der Waals surface area contributed by atoms with Crippen molar-refractivity contribution in [1.82, 2.24) is 15.0 Å². The van der Waals surface area contributed by atoms with Crippen molar-refractivity contribution in [3.63, 3.8) is 0 Å². The number of aryl methyl sites for hydroxylation is 1. The average Bonchev–Trinajstić information content (AvgIpc) is 3.21. The van der Waals surface area contributed by atoms with Crippen molar-refractivity contribution in [2.45, 2.75) is 20.0 Å². The van der Waals surface area contributed by atoms with Gasteiger partial charge in [0.1, 0.15) is 5.76 Å². The standard InChI is InChI=1S/C24H21N3O2/c1-18-15-23(26-29-18)24(28)27(17-21-12-7-8-14-25-21)16-20-11-5-6-13-22(20)19-9-3-2-4-10-19/h2-15H,16-17H2,1H3. The minimum atomic E-state index is -0.185. The highest BCUT2D eigenvalue weighted by molar-refractivity contribution is 5.92. The molecule has 2 heterocycles. The van der Waals surface area contributed by atoms with E-state index in [0.29, 0.717) is 24.5 Å². The third kappa shape index (κ3) is 4.41. The molecular weight excluding hydrogens is 362 g/mol. The van der Waals surface area contributed by atoms with E-state index in [1.54, 1.807) is 24.1 Å². The average molecular weight is 383 g/mol. The number of amides is 1. The molecule has 0 atom stereocenters. The first-order chi connectivity index (χ1) is 14.2. The molecule has 1 amide bonds. The molecule has 0 aliphatic rings. The molecular formula is C24H21N3O2. The lowest BCUT2D eigenvalue weighted by Crippen LogP contribution is -2.31. The van der Waals surface area contributed by atoms with Gasteiger partial charge in [-0.3, -0.25) is 9.78 Å². The Hall–Kier alpha value is -3.73. The Morgan fingerprint density at radius 3 is 2.41 bits per heavy atom. The molecule has 0 radical (unpaired) electrons. The summed E-state index contributed by atoms with van der Waals surface area (Å²) < 4.78 is 5.12. The van der Waals surface area contributed by atoms with Crippen LogP contribution in [0.1, 0.15) is 27.5 Å². The van der Waals surface area contributed by atoms with Gasteiger partial charge in [0.2, 0.25) is 0 Å². The lowest BCUT2D eigenvalue weighted by molar-refractivity contribution is 0.0717. The molecule has 29 heavy (non-hydrogen) atoms. The van der Waals surface area contributed by atoms with Crippen LogP contribution in [0, 0.1) is 6.92 Å². The Labute approximate surface area is 169 Å². The van der Waals surface area contributed by atoms with Crippen molar-refractivity contribution in [1.29, 1.82) is 0 Å². The van der Waals surface area contributed by atoms with E-state index in [1.165, 1.54) is 0 Å². The molecule has 0 aliphatic carbocycles. The molecule has 0 bridgehead atoms. The predicted molar refractivity (Wildman–Crippen MR) is 111 cm³/mol. The number of benzene rings is 2. The molecule has 0 fully saturated rings. The highest BCUT2D eigenvalue weighted by Gasteiger charge is 2.21. The first-order valence-electron chi connectivity index (χ1n) is 9.46. The maximum absolute atomic E-state index is 13.2. The zero-order chi connectivity index (χ0) is 20.1. The third-order valence-corrected chi connectivity index (χ3v) is 4.68. The lowest BCUT2D eigenvalue weighted by atomic mass is 9.99. The number of hydrogen-bond donors (Lipinski definition) is 0. The van der Waals surface area contributed by atoms with Crippen LogP contribution in [0.5, 0.6) is 0 Å². The highest BCUT2D eigenvalue weighted by atomic mass is 16.5. The zero-order valence-electron chi connectivity index (χ0n) is 16.2. The molecule has 0 aliphatic heterocycles. The second-order valence-corrected chi connectivity index (χ2v) is 6.83. The summed E-state index contributed by atoms with van der Waals surface area (Å²) in [5.74, 6) is 0.422. The van der Waals surface area contributed by atoms with Crippen LogP contribution in [0.15, 0.2) is 89.6 Å². The maximum Gasteiger partial charge on any atom is 0.276 e. The second-order valence-electron chi connectivity index (χ2n) is 6.83. The SMILES string of the molecule is Cc1cc(C(=O)N(Cc2ccccn2)Cc2ccccc2-c2ccccc2)no1. The molecule has 4 rings (SSSR count). The van der Waals surface area contributed by atoms with Crippen molar-refractivity contribution in [2.75, 3.05) is 0 Å². The number of carbonyl (C=O) groups is 1. The van der Waals surface area contributed by atoms with Crippen LogP contribution in [0.4, 0.5) is 0 Å². The Kier molecular flexibility index (Phi) is 5.47. The Morgan fingerprint density at radius 1 is 0.931 bits per heavy atom. The first-order valence-corrected chi connectivity index (χ1v) is 9.46. The Bertz CT molecular complexity index is 1090. The molecule has 0 unspecified atom stereocenters. The normalized spacial score (nSPS) is 10.7. The van der Waals surface area contributed by atoms with Crippen molar-refractivity contribution >= 4 is 5.91 Å². The predicted octanol–water partition coefficient (Wildman–Crippen LogP) is 4.89. The number of nitrogens with zero attached hydrogens (tertiary/aromatic N) is 3. The van der Waals surface area contributed by atoms with Crippen LogP contribution in [0.25, 0.3) is 11.1 Å². The van der Waals surface area contributed by atoms with E-state index in [2.05, 4.69) is 34.4 Å². The van der Waals surface area contributed by atoms with E-state index in [-0.39, 0.29) is 5.91 Å². The summed E-state index contributed by atoms with van der Waals surface area (Å²) in [6.45, 7) is 2.60. The van der Waals surface area contributed by atoms with E-state index in [9.17, 15) is 4.79 Å². The maximum atomic E-state index is 13.2. The minimum Gasteiger partial charge on any atom is -0.361 e. The Morgan fingerprint density at radius 2 is 1.69 bits per heavy atom. The van der Waals surface area contributed by atoms with E-state index in [0.717, 1.165) is 22.4 Å². The number of rotatable bonds is 6. The van der Waals surface area contributed by atoms with Gasteiger partial charge in [-0.05, 0) is 35.7 Å². The summed E-state index contributed by atoms with van der Waals surface area (Å²) in [5.41, 5.74) is 4.39. The quantitative estimate of drug-likeness (QED) is 0.476. The summed E-state index contributed by atoms with van der Waals surface area (Å²) >= 11 is 0. The molecule has 0 saturated heterocycles.